The van der Waals surface area contributed by atoms with Crippen molar-refractivity contribution in [2.75, 3.05) is 5.32 Å². The van der Waals surface area contributed by atoms with Gasteiger partial charge < -0.3 is 5.32 Å². The minimum Gasteiger partial charge on any atom is -0.322 e. The highest BCUT2D eigenvalue weighted by Crippen LogP contribution is 2.24. The van der Waals surface area contributed by atoms with Gasteiger partial charge in [0.1, 0.15) is 0 Å². The van der Waals surface area contributed by atoms with Gasteiger partial charge in [-0.3, -0.25) is 9.20 Å². The van der Waals surface area contributed by atoms with E-state index in [1.54, 1.807) is 11.3 Å². The van der Waals surface area contributed by atoms with Gasteiger partial charge in [0, 0.05) is 38.2 Å². The van der Waals surface area contributed by atoms with Crippen molar-refractivity contribution in [1.82, 2.24) is 9.38 Å². The maximum Gasteiger partial charge on any atom is 0.255 e. The maximum atomic E-state index is 12.3. The molecule has 2 aromatic heterocycles. The number of anilines is 1. The lowest BCUT2D eigenvalue weighted by Gasteiger charge is -2.07. The molecular formula is C18H12IN3OS. The van der Waals surface area contributed by atoms with Crippen molar-refractivity contribution < 1.29 is 4.79 Å². The molecule has 0 radical (unpaired) electrons. The standard InChI is InChI=1S/C18H12IN3OS/c19-14-6-4-12(5-7-14)17(23)20-15-3-1-2-13(10-15)16-11-22-8-9-24-18(22)21-16/h1-11H,(H,20,23). The maximum absolute atomic E-state index is 12.3. The number of carbonyl (C=O) groups excluding carboxylic acids is 1. The van der Waals surface area contributed by atoms with Gasteiger partial charge >= 0.3 is 0 Å². The van der Waals surface area contributed by atoms with Gasteiger partial charge in [0.15, 0.2) is 4.96 Å². The fourth-order valence-corrected chi connectivity index (χ4v) is 3.49. The monoisotopic (exact) mass is 445 g/mol. The van der Waals surface area contributed by atoms with E-state index in [0.717, 1.165) is 25.5 Å². The molecule has 0 aliphatic carbocycles. The summed E-state index contributed by atoms with van der Waals surface area (Å²) in [5.41, 5.74) is 3.27. The molecule has 1 N–H and O–H groups in total. The number of nitrogens with zero attached hydrogens (tertiary/aromatic N) is 2. The summed E-state index contributed by atoms with van der Waals surface area (Å²) in [6.45, 7) is 0. The lowest BCUT2D eigenvalue weighted by molar-refractivity contribution is 0.102. The van der Waals surface area contributed by atoms with Gasteiger partial charge in [-0.25, -0.2) is 4.98 Å². The van der Waals surface area contributed by atoms with Gasteiger partial charge in [-0.05, 0) is 59.0 Å². The second kappa shape index (κ2) is 6.37. The molecule has 4 aromatic rings. The Morgan fingerprint density at radius 1 is 1.17 bits per heavy atom. The Hall–Kier alpha value is -2.19. The largest absolute Gasteiger partial charge is 0.322 e. The van der Waals surface area contributed by atoms with Gasteiger partial charge in [0.05, 0.1) is 5.69 Å². The van der Waals surface area contributed by atoms with Gasteiger partial charge in [-0.15, -0.1) is 11.3 Å². The van der Waals surface area contributed by atoms with Crippen LogP contribution in [0, 0.1) is 3.57 Å². The number of amides is 1. The van der Waals surface area contributed by atoms with Crippen molar-refractivity contribution in [2.45, 2.75) is 0 Å². The number of hydrogen-bond donors (Lipinski definition) is 1. The zero-order valence-corrected chi connectivity index (χ0v) is 15.4. The van der Waals surface area contributed by atoms with Gasteiger partial charge in [-0.2, -0.15) is 0 Å². The molecule has 0 atom stereocenters. The van der Waals surface area contributed by atoms with Gasteiger partial charge in [0.2, 0.25) is 0 Å². The number of imidazole rings is 1. The number of fused-ring (bicyclic) bond motifs is 1. The molecule has 0 aliphatic rings. The van der Waals surface area contributed by atoms with Crippen LogP contribution in [0.2, 0.25) is 0 Å². The third-order valence-electron chi connectivity index (χ3n) is 3.62. The number of benzene rings is 2. The van der Waals surface area contributed by atoms with Crippen LogP contribution in [-0.4, -0.2) is 15.3 Å². The predicted octanol–water partition coefficient (Wildman–Crippen LogP) is 4.92. The molecule has 4 rings (SSSR count). The van der Waals surface area contributed by atoms with E-state index in [2.05, 4.69) is 32.9 Å². The van der Waals surface area contributed by atoms with Crippen molar-refractivity contribution >= 4 is 50.5 Å². The van der Waals surface area contributed by atoms with Crippen LogP contribution in [0.15, 0.2) is 66.3 Å². The highest BCUT2D eigenvalue weighted by atomic mass is 127. The molecular weight excluding hydrogens is 433 g/mol. The van der Waals surface area contributed by atoms with Crippen molar-refractivity contribution in [2.24, 2.45) is 0 Å². The summed E-state index contributed by atoms with van der Waals surface area (Å²) in [7, 11) is 0. The van der Waals surface area contributed by atoms with Crippen molar-refractivity contribution in [3.8, 4) is 11.3 Å². The number of hydrogen-bond acceptors (Lipinski definition) is 3. The average molecular weight is 445 g/mol. The molecule has 0 spiro atoms. The minimum absolute atomic E-state index is 0.116. The number of nitrogens with one attached hydrogen (secondary N) is 1. The van der Waals surface area contributed by atoms with Crippen LogP contribution in [0.1, 0.15) is 10.4 Å². The molecule has 0 saturated heterocycles. The number of carbonyl (C=O) groups is 1. The first-order chi connectivity index (χ1) is 11.7. The molecule has 2 heterocycles. The lowest BCUT2D eigenvalue weighted by Crippen LogP contribution is -2.11. The molecule has 4 nitrogen and oxygen atoms in total. The molecule has 24 heavy (non-hydrogen) atoms. The van der Waals surface area contributed by atoms with E-state index in [1.165, 1.54) is 0 Å². The zero-order chi connectivity index (χ0) is 16.5. The summed E-state index contributed by atoms with van der Waals surface area (Å²) in [4.78, 5) is 17.9. The third-order valence-corrected chi connectivity index (χ3v) is 5.11. The minimum atomic E-state index is -0.116. The van der Waals surface area contributed by atoms with Crippen molar-refractivity contribution in [1.29, 1.82) is 0 Å². The zero-order valence-electron chi connectivity index (χ0n) is 12.4. The Balaban J connectivity index is 1.59. The van der Waals surface area contributed by atoms with Crippen LogP contribution in [0.3, 0.4) is 0 Å². The molecule has 0 fully saturated rings. The molecule has 2 aromatic carbocycles. The highest BCUT2D eigenvalue weighted by Gasteiger charge is 2.09. The summed E-state index contributed by atoms with van der Waals surface area (Å²) >= 11 is 3.82. The molecule has 6 heteroatoms. The Morgan fingerprint density at radius 3 is 2.79 bits per heavy atom. The van der Waals surface area contributed by atoms with Gasteiger partial charge in [0.25, 0.3) is 5.91 Å². The topological polar surface area (TPSA) is 46.4 Å². The molecule has 1 amide bonds. The first kappa shape index (κ1) is 15.3. The van der Waals surface area contributed by atoms with E-state index in [9.17, 15) is 4.79 Å². The highest BCUT2D eigenvalue weighted by molar-refractivity contribution is 14.1. The molecule has 0 aliphatic heterocycles. The van der Waals surface area contributed by atoms with Gasteiger partial charge in [-0.1, -0.05) is 12.1 Å². The second-order valence-corrected chi connectivity index (χ2v) is 7.38. The van der Waals surface area contributed by atoms with E-state index >= 15 is 0 Å². The van der Waals surface area contributed by atoms with Crippen LogP contribution in [0.4, 0.5) is 5.69 Å². The van der Waals surface area contributed by atoms with E-state index in [4.69, 9.17) is 0 Å². The molecule has 0 saturated carbocycles. The van der Waals surface area contributed by atoms with Crippen molar-refractivity contribution in [3.63, 3.8) is 0 Å². The number of rotatable bonds is 3. The first-order valence-electron chi connectivity index (χ1n) is 7.28. The summed E-state index contributed by atoms with van der Waals surface area (Å²) in [5.74, 6) is -0.116. The van der Waals surface area contributed by atoms with Crippen LogP contribution in [0.5, 0.6) is 0 Å². The summed E-state index contributed by atoms with van der Waals surface area (Å²) in [6, 6.07) is 15.2. The van der Waals surface area contributed by atoms with Crippen LogP contribution in [0.25, 0.3) is 16.2 Å². The number of halogens is 1. The van der Waals surface area contributed by atoms with Crippen molar-refractivity contribution in [3.05, 3.63) is 75.4 Å². The quantitative estimate of drug-likeness (QED) is 0.455. The summed E-state index contributed by atoms with van der Waals surface area (Å²) in [6.07, 6.45) is 3.98. The third kappa shape index (κ3) is 3.07. The average Bonchev–Trinajstić information content (AvgIpc) is 3.17. The Morgan fingerprint density at radius 2 is 2.00 bits per heavy atom. The van der Waals surface area contributed by atoms with E-state index in [-0.39, 0.29) is 5.91 Å². The molecule has 0 bridgehead atoms. The van der Waals surface area contributed by atoms with E-state index < -0.39 is 0 Å². The van der Waals surface area contributed by atoms with Crippen LogP contribution in [-0.2, 0) is 0 Å². The second-order valence-electron chi connectivity index (χ2n) is 5.26. The fourth-order valence-electron chi connectivity index (χ4n) is 2.43. The fraction of sp³-hybridized carbons (Fsp3) is 0. The number of thiazole rings is 1. The Labute approximate surface area is 156 Å². The smallest absolute Gasteiger partial charge is 0.255 e. The summed E-state index contributed by atoms with van der Waals surface area (Å²) < 4.78 is 3.10. The Bertz CT molecular complexity index is 992. The Kier molecular flexibility index (Phi) is 4.07. The molecule has 0 unspecified atom stereocenters. The normalized spacial score (nSPS) is 10.9. The molecule has 118 valence electrons. The predicted molar refractivity (Wildman–Crippen MR) is 106 cm³/mol. The van der Waals surface area contributed by atoms with E-state index in [1.807, 2.05) is 70.7 Å². The summed E-state index contributed by atoms with van der Waals surface area (Å²) in [5, 5.41) is 4.95. The van der Waals surface area contributed by atoms with Crippen LogP contribution >= 0.6 is 33.9 Å². The first-order valence-corrected chi connectivity index (χ1v) is 9.24. The SMILES string of the molecule is O=C(Nc1cccc(-c2cn3ccsc3n2)c1)c1ccc(I)cc1. The van der Waals surface area contributed by atoms with Crippen LogP contribution < -0.4 is 5.32 Å². The lowest BCUT2D eigenvalue weighted by atomic mass is 10.1. The number of aromatic nitrogens is 2. The van der Waals surface area contributed by atoms with E-state index in [0.29, 0.717) is 5.56 Å².